The Morgan fingerprint density at radius 2 is 2.22 bits per heavy atom. The highest BCUT2D eigenvalue weighted by atomic mass is 15.1. The molecule has 0 aliphatic rings. The van der Waals surface area contributed by atoms with Gasteiger partial charge in [0.15, 0.2) is 0 Å². The van der Waals surface area contributed by atoms with Crippen LogP contribution >= 0.6 is 0 Å². The summed E-state index contributed by atoms with van der Waals surface area (Å²) in [5.41, 5.74) is 1.98. The van der Waals surface area contributed by atoms with Crippen LogP contribution in [0.1, 0.15) is 12.7 Å². The Morgan fingerprint density at radius 3 is 3.00 bits per heavy atom. The summed E-state index contributed by atoms with van der Waals surface area (Å²) in [7, 11) is 0. The number of aromatic nitrogens is 4. The molecule has 0 radical (unpaired) electrons. The maximum atomic E-state index is 4.52. The van der Waals surface area contributed by atoms with Gasteiger partial charge in [-0.25, -0.2) is 9.13 Å². The van der Waals surface area contributed by atoms with Crippen molar-refractivity contribution in [2.45, 2.75) is 26.4 Å². The van der Waals surface area contributed by atoms with Crippen LogP contribution in [0.5, 0.6) is 0 Å². The zero-order valence-corrected chi connectivity index (χ0v) is 10.5. The van der Waals surface area contributed by atoms with Gasteiger partial charge in [0.05, 0.1) is 13.1 Å². The maximum Gasteiger partial charge on any atom is 0.243 e. The second-order valence-corrected chi connectivity index (χ2v) is 4.36. The van der Waals surface area contributed by atoms with Crippen molar-refractivity contribution in [1.82, 2.24) is 14.5 Å². The first-order valence-corrected chi connectivity index (χ1v) is 6.28. The van der Waals surface area contributed by atoms with Gasteiger partial charge in [0.2, 0.25) is 6.33 Å². The second kappa shape index (κ2) is 4.64. The highest BCUT2D eigenvalue weighted by molar-refractivity contribution is 5.74. The normalized spacial score (nSPS) is 11.2. The summed E-state index contributed by atoms with van der Waals surface area (Å²) in [5.74, 6) is 0.924. The van der Waals surface area contributed by atoms with Gasteiger partial charge >= 0.3 is 0 Å². The van der Waals surface area contributed by atoms with E-state index in [2.05, 4.69) is 44.7 Å². The molecule has 0 atom stereocenters. The number of benzene rings is 1. The van der Waals surface area contributed by atoms with E-state index < -0.39 is 0 Å². The fourth-order valence-corrected chi connectivity index (χ4v) is 2.06. The van der Waals surface area contributed by atoms with Crippen LogP contribution in [0.3, 0.4) is 0 Å². The van der Waals surface area contributed by atoms with Crippen LogP contribution in [0, 0.1) is 0 Å². The van der Waals surface area contributed by atoms with Gasteiger partial charge in [-0.1, -0.05) is 30.1 Å². The van der Waals surface area contributed by atoms with E-state index in [0.717, 1.165) is 36.4 Å². The van der Waals surface area contributed by atoms with Gasteiger partial charge in [-0.05, 0) is 18.0 Å². The molecule has 0 bridgehead atoms. The number of rotatable bonds is 4. The summed E-state index contributed by atoms with van der Waals surface area (Å²) in [6.07, 6.45) is 7.16. The number of fused-ring (bicyclic) bond motifs is 1. The minimum Gasteiger partial charge on any atom is -0.440 e. The molecule has 0 aliphatic carbocycles. The zero-order valence-electron chi connectivity index (χ0n) is 10.5. The molecule has 4 heteroatoms. The lowest BCUT2D eigenvalue weighted by Gasteiger charge is -2.00. The lowest BCUT2D eigenvalue weighted by molar-refractivity contribution is -0.696. The number of hydrogen-bond donors (Lipinski definition) is 0. The van der Waals surface area contributed by atoms with E-state index in [-0.39, 0.29) is 0 Å². The van der Waals surface area contributed by atoms with Crippen LogP contribution in [-0.4, -0.2) is 9.55 Å². The summed E-state index contributed by atoms with van der Waals surface area (Å²) >= 11 is 0. The highest BCUT2D eigenvalue weighted by Crippen LogP contribution is 2.09. The van der Waals surface area contributed by atoms with Crippen LogP contribution in [-0.2, 0) is 19.5 Å². The molecule has 0 amide bonds. The smallest absolute Gasteiger partial charge is 0.243 e. The summed E-state index contributed by atoms with van der Waals surface area (Å²) in [4.78, 5) is 9.05. The van der Waals surface area contributed by atoms with Gasteiger partial charge in [-0.2, -0.15) is 0 Å². The average molecular weight is 240 g/mol. The molecule has 0 N–H and O–H groups in total. The van der Waals surface area contributed by atoms with E-state index in [4.69, 9.17) is 0 Å². The molecule has 0 spiro atoms. The van der Waals surface area contributed by atoms with Crippen molar-refractivity contribution in [3.05, 3.63) is 48.8 Å². The lowest BCUT2D eigenvalue weighted by atomic mass is 10.3. The van der Waals surface area contributed by atoms with Gasteiger partial charge in [0, 0.05) is 6.42 Å². The predicted octanol–water partition coefficient (Wildman–Crippen LogP) is 1.54. The molecule has 18 heavy (non-hydrogen) atoms. The van der Waals surface area contributed by atoms with Crippen molar-refractivity contribution >= 4 is 11.0 Å². The number of para-hydroxylation sites is 2. The van der Waals surface area contributed by atoms with Crippen LogP contribution < -0.4 is 9.55 Å². The average Bonchev–Trinajstić information content (AvgIpc) is 3.02. The lowest BCUT2D eigenvalue weighted by Crippen LogP contribution is -2.32. The highest BCUT2D eigenvalue weighted by Gasteiger charge is 2.01. The fourth-order valence-electron chi connectivity index (χ4n) is 2.06. The van der Waals surface area contributed by atoms with Gasteiger partial charge in [-0.3, -0.25) is 0 Å². The molecule has 3 rings (SSSR count). The number of hydrogen-bond acceptors (Lipinski definition) is 1. The van der Waals surface area contributed by atoms with E-state index >= 15 is 0 Å². The van der Waals surface area contributed by atoms with Gasteiger partial charge in [-0.15, -0.1) is 0 Å². The SMILES string of the molecule is CCn1cc[n+](CCc2nc3ccccc3[n-]2)c1. The molecule has 0 fully saturated rings. The third-order valence-corrected chi connectivity index (χ3v) is 3.09. The Kier molecular flexibility index (Phi) is 2.84. The molecule has 2 heterocycles. The fraction of sp³-hybridized carbons (Fsp3) is 0.286. The Labute approximate surface area is 106 Å². The van der Waals surface area contributed by atoms with Crippen LogP contribution in [0.4, 0.5) is 0 Å². The van der Waals surface area contributed by atoms with E-state index in [0.29, 0.717) is 0 Å². The number of nitrogens with zero attached hydrogens (tertiary/aromatic N) is 4. The molecule has 1 aromatic carbocycles. The Bertz CT molecular complexity index is 617. The standard InChI is InChI=1S/C14H16N4/c1-2-17-9-10-18(11-17)8-7-14-15-12-5-3-4-6-13(12)16-14/h3-6,9-11H,2,7-8H2,1H3. The third kappa shape index (κ3) is 2.14. The van der Waals surface area contributed by atoms with Crippen molar-refractivity contribution < 1.29 is 4.57 Å². The summed E-state index contributed by atoms with van der Waals surface area (Å²) < 4.78 is 4.33. The quantitative estimate of drug-likeness (QED) is 0.649. The number of aryl methyl sites for hydroxylation is 3. The third-order valence-electron chi connectivity index (χ3n) is 3.09. The molecule has 2 aromatic heterocycles. The minimum absolute atomic E-state index is 0.868. The summed E-state index contributed by atoms with van der Waals surface area (Å²) in [6, 6.07) is 8.01. The van der Waals surface area contributed by atoms with Gasteiger partial charge in [0.1, 0.15) is 12.4 Å². The topological polar surface area (TPSA) is 35.8 Å². The molecule has 0 aliphatic heterocycles. The molecule has 4 nitrogen and oxygen atoms in total. The van der Waals surface area contributed by atoms with Crippen LogP contribution in [0.2, 0.25) is 0 Å². The molecule has 0 saturated carbocycles. The Hall–Kier alpha value is -2.10. The number of imidazole rings is 2. The van der Waals surface area contributed by atoms with E-state index in [1.54, 1.807) is 0 Å². The molecule has 0 saturated heterocycles. The van der Waals surface area contributed by atoms with Crippen molar-refractivity contribution in [2.75, 3.05) is 0 Å². The molecule has 3 aromatic rings. The molecular formula is C14H16N4. The van der Waals surface area contributed by atoms with Crippen LogP contribution in [0.25, 0.3) is 11.0 Å². The monoisotopic (exact) mass is 240 g/mol. The predicted molar refractivity (Wildman–Crippen MR) is 69.1 cm³/mol. The van der Waals surface area contributed by atoms with Crippen molar-refractivity contribution in [3.63, 3.8) is 0 Å². The molecule has 0 unspecified atom stereocenters. The zero-order chi connectivity index (χ0) is 12.4. The molecular weight excluding hydrogens is 224 g/mol. The second-order valence-electron chi connectivity index (χ2n) is 4.36. The first-order valence-electron chi connectivity index (χ1n) is 6.28. The Balaban J connectivity index is 1.72. The first kappa shape index (κ1) is 11.0. The van der Waals surface area contributed by atoms with E-state index in [1.807, 2.05) is 24.3 Å². The van der Waals surface area contributed by atoms with Crippen molar-refractivity contribution in [3.8, 4) is 0 Å². The molecule has 92 valence electrons. The first-order chi connectivity index (χ1) is 8.85. The summed E-state index contributed by atoms with van der Waals surface area (Å²) in [5, 5.41) is 0. The maximum absolute atomic E-state index is 4.52. The minimum atomic E-state index is 0.868. The summed E-state index contributed by atoms with van der Waals surface area (Å²) in [6.45, 7) is 4.06. The largest absolute Gasteiger partial charge is 0.440 e. The van der Waals surface area contributed by atoms with Gasteiger partial charge in [0.25, 0.3) is 0 Å². The van der Waals surface area contributed by atoms with Gasteiger partial charge < -0.3 is 9.97 Å². The van der Waals surface area contributed by atoms with E-state index in [1.165, 1.54) is 0 Å². The van der Waals surface area contributed by atoms with Crippen molar-refractivity contribution in [2.24, 2.45) is 0 Å². The van der Waals surface area contributed by atoms with Crippen molar-refractivity contribution in [1.29, 1.82) is 0 Å². The Morgan fingerprint density at radius 1 is 1.33 bits per heavy atom. The van der Waals surface area contributed by atoms with E-state index in [9.17, 15) is 0 Å². The van der Waals surface area contributed by atoms with Crippen LogP contribution in [0.15, 0.2) is 43.0 Å².